The molecule has 226 valence electrons. The van der Waals surface area contributed by atoms with Crippen molar-refractivity contribution in [1.82, 2.24) is 20.9 Å². The number of hydrogen-bond acceptors (Lipinski definition) is 7. The van der Waals surface area contributed by atoms with E-state index in [2.05, 4.69) is 25.9 Å². The zero-order chi connectivity index (χ0) is 30.5. The molecule has 1 aromatic heterocycles. The van der Waals surface area contributed by atoms with Crippen molar-refractivity contribution in [2.45, 2.75) is 63.7 Å². The number of rotatable bonds is 17. The second kappa shape index (κ2) is 16.5. The normalized spacial score (nSPS) is 14.1. The van der Waals surface area contributed by atoms with Gasteiger partial charge in [-0.3, -0.25) is 19.4 Å². The summed E-state index contributed by atoms with van der Waals surface area (Å²) in [4.78, 5) is 58.2. The Morgan fingerprint density at radius 1 is 1.00 bits per heavy atom. The second-order valence-electron chi connectivity index (χ2n) is 10.1. The van der Waals surface area contributed by atoms with E-state index < -0.39 is 47.9 Å². The van der Waals surface area contributed by atoms with E-state index >= 15 is 0 Å². The van der Waals surface area contributed by atoms with Crippen LogP contribution in [0.15, 0.2) is 35.5 Å². The second-order valence-corrected chi connectivity index (χ2v) is 11.1. The van der Waals surface area contributed by atoms with Gasteiger partial charge in [-0.15, -0.1) is 0 Å². The molecule has 13 nitrogen and oxygen atoms in total. The molecule has 2 rings (SSSR count). The number of hydrogen-bond donors (Lipinski definition) is 8. The van der Waals surface area contributed by atoms with E-state index in [4.69, 9.17) is 17.2 Å². The monoisotopic (exact) mass is 590 g/mol. The SMILES string of the molecule is CSCCC(NC(=O)C(N)CCCN=C(N)N)C(=O)NC(C(=O)NC(Cc1c[nH]c2ccccc12)C(=O)O)C(C)C. The summed E-state index contributed by atoms with van der Waals surface area (Å²) in [5.41, 5.74) is 18.2. The molecule has 0 radical (unpaired) electrons. The average Bonchev–Trinajstić information content (AvgIpc) is 3.33. The Balaban J connectivity index is 2.08. The molecular formula is C27H42N8O5S. The zero-order valence-electron chi connectivity index (χ0n) is 23.7. The molecule has 2 aromatic rings. The van der Waals surface area contributed by atoms with E-state index in [9.17, 15) is 24.3 Å². The zero-order valence-corrected chi connectivity index (χ0v) is 24.5. The Hall–Kier alpha value is -3.78. The van der Waals surface area contributed by atoms with Gasteiger partial charge in [0.2, 0.25) is 17.7 Å². The molecule has 3 amide bonds. The molecule has 0 aliphatic carbocycles. The van der Waals surface area contributed by atoms with Crippen LogP contribution in [0.25, 0.3) is 10.9 Å². The summed E-state index contributed by atoms with van der Waals surface area (Å²) in [6.07, 6.45) is 4.74. The number of H-pyrrole nitrogens is 1. The number of nitrogens with one attached hydrogen (secondary N) is 4. The van der Waals surface area contributed by atoms with E-state index in [1.807, 2.05) is 30.5 Å². The Morgan fingerprint density at radius 2 is 1.68 bits per heavy atom. The molecular weight excluding hydrogens is 548 g/mol. The number of benzene rings is 1. The smallest absolute Gasteiger partial charge is 0.326 e. The van der Waals surface area contributed by atoms with Crippen molar-refractivity contribution in [1.29, 1.82) is 0 Å². The van der Waals surface area contributed by atoms with Crippen LogP contribution in [0, 0.1) is 5.92 Å². The van der Waals surface area contributed by atoms with Gasteiger partial charge in [0.05, 0.1) is 6.04 Å². The topological polar surface area (TPSA) is 231 Å². The number of nitrogens with two attached hydrogens (primary N) is 3. The molecule has 4 atom stereocenters. The van der Waals surface area contributed by atoms with Crippen LogP contribution < -0.4 is 33.2 Å². The maximum Gasteiger partial charge on any atom is 0.326 e. The van der Waals surface area contributed by atoms with Crippen molar-refractivity contribution in [2.24, 2.45) is 28.1 Å². The Morgan fingerprint density at radius 3 is 2.32 bits per heavy atom. The van der Waals surface area contributed by atoms with Gasteiger partial charge in [-0.1, -0.05) is 32.0 Å². The molecule has 0 fully saturated rings. The van der Waals surface area contributed by atoms with Crippen LogP contribution in [0.4, 0.5) is 0 Å². The van der Waals surface area contributed by atoms with Gasteiger partial charge in [0, 0.05) is 30.1 Å². The summed E-state index contributed by atoms with van der Waals surface area (Å²) < 4.78 is 0. The number of guanidine groups is 1. The highest BCUT2D eigenvalue weighted by Gasteiger charge is 2.32. The largest absolute Gasteiger partial charge is 0.480 e. The van der Waals surface area contributed by atoms with Crippen LogP contribution in [0.3, 0.4) is 0 Å². The fourth-order valence-corrected chi connectivity index (χ4v) is 4.68. The minimum Gasteiger partial charge on any atom is -0.480 e. The summed E-state index contributed by atoms with van der Waals surface area (Å²) >= 11 is 1.50. The number of fused-ring (bicyclic) bond motifs is 1. The summed E-state index contributed by atoms with van der Waals surface area (Å²) in [6, 6.07) is 3.41. The van der Waals surface area contributed by atoms with Gasteiger partial charge in [0.15, 0.2) is 5.96 Å². The minimum atomic E-state index is -1.22. The fourth-order valence-electron chi connectivity index (χ4n) is 4.20. The number of thioether (sulfide) groups is 1. The molecule has 0 aliphatic heterocycles. The highest BCUT2D eigenvalue weighted by atomic mass is 32.2. The molecule has 0 aliphatic rings. The van der Waals surface area contributed by atoms with Crippen LogP contribution in [0.5, 0.6) is 0 Å². The van der Waals surface area contributed by atoms with Crippen molar-refractivity contribution in [3.8, 4) is 0 Å². The van der Waals surface area contributed by atoms with Gasteiger partial charge >= 0.3 is 5.97 Å². The molecule has 0 saturated heterocycles. The number of carboxylic acids is 1. The lowest BCUT2D eigenvalue weighted by Gasteiger charge is -2.27. The molecule has 41 heavy (non-hydrogen) atoms. The Labute approximate surface area is 243 Å². The van der Waals surface area contributed by atoms with Crippen molar-refractivity contribution in [2.75, 3.05) is 18.6 Å². The van der Waals surface area contributed by atoms with E-state index in [1.165, 1.54) is 11.8 Å². The number of carbonyl (C=O) groups is 4. The maximum atomic E-state index is 13.3. The number of aliphatic imine (C=N–C) groups is 1. The summed E-state index contributed by atoms with van der Waals surface area (Å²) in [5.74, 6) is -2.74. The van der Waals surface area contributed by atoms with Crippen molar-refractivity contribution in [3.05, 3.63) is 36.0 Å². The number of aromatic nitrogens is 1. The molecule has 0 bridgehead atoms. The van der Waals surface area contributed by atoms with Crippen LogP contribution in [-0.2, 0) is 25.6 Å². The Kier molecular flexibility index (Phi) is 13.4. The van der Waals surface area contributed by atoms with Gasteiger partial charge in [-0.2, -0.15) is 11.8 Å². The first kappa shape index (κ1) is 33.4. The van der Waals surface area contributed by atoms with Crippen molar-refractivity contribution in [3.63, 3.8) is 0 Å². The van der Waals surface area contributed by atoms with E-state index in [-0.39, 0.29) is 18.3 Å². The number of aromatic amines is 1. The third kappa shape index (κ3) is 10.6. The van der Waals surface area contributed by atoms with Crippen LogP contribution >= 0.6 is 11.8 Å². The number of carboxylic acid groups (broad SMARTS) is 1. The van der Waals surface area contributed by atoms with Crippen LogP contribution in [0.2, 0.25) is 0 Å². The highest BCUT2D eigenvalue weighted by molar-refractivity contribution is 7.98. The lowest BCUT2D eigenvalue weighted by atomic mass is 10.0. The van der Waals surface area contributed by atoms with E-state index in [0.717, 1.165) is 16.5 Å². The van der Waals surface area contributed by atoms with Gasteiger partial charge in [0.1, 0.15) is 18.1 Å². The predicted molar refractivity (Wildman–Crippen MR) is 161 cm³/mol. The minimum absolute atomic E-state index is 0.0480. The predicted octanol–water partition coefficient (Wildman–Crippen LogP) is 0.0394. The van der Waals surface area contributed by atoms with E-state index in [1.54, 1.807) is 20.0 Å². The van der Waals surface area contributed by atoms with Gasteiger partial charge in [0.25, 0.3) is 0 Å². The standard InChI is InChI=1S/C27H42N8O5S/c1-15(2)22(25(38)34-21(26(39)40)13-16-14-32-19-9-5-4-7-17(16)19)35-24(37)20(10-12-41-3)33-23(36)18(28)8-6-11-31-27(29)30/h4-5,7,9,14-15,18,20-22,32H,6,8,10-13,28H2,1-3H3,(H,33,36)(H,34,38)(H,35,37)(H,39,40)(H4,29,30,31). The molecule has 1 heterocycles. The first-order valence-corrected chi connectivity index (χ1v) is 14.8. The van der Waals surface area contributed by atoms with Crippen LogP contribution in [0.1, 0.15) is 38.7 Å². The molecule has 14 heteroatoms. The lowest BCUT2D eigenvalue weighted by molar-refractivity contribution is -0.142. The van der Waals surface area contributed by atoms with Gasteiger partial charge < -0.3 is 43.2 Å². The number of para-hydroxylation sites is 1. The lowest BCUT2D eigenvalue weighted by Crippen LogP contribution is -2.58. The van der Waals surface area contributed by atoms with Gasteiger partial charge in [-0.05, 0) is 48.8 Å². The number of carbonyl (C=O) groups excluding carboxylic acids is 3. The summed E-state index contributed by atoms with van der Waals surface area (Å²) in [6.45, 7) is 3.80. The average molecular weight is 591 g/mol. The van der Waals surface area contributed by atoms with Crippen molar-refractivity contribution >= 4 is 52.3 Å². The van der Waals surface area contributed by atoms with E-state index in [0.29, 0.717) is 31.6 Å². The summed E-state index contributed by atoms with van der Waals surface area (Å²) in [5, 5.41) is 18.7. The van der Waals surface area contributed by atoms with Crippen LogP contribution in [-0.4, -0.2) is 82.5 Å². The number of amides is 3. The summed E-state index contributed by atoms with van der Waals surface area (Å²) in [7, 11) is 0. The first-order valence-electron chi connectivity index (χ1n) is 13.4. The van der Waals surface area contributed by atoms with Crippen molar-refractivity contribution < 1.29 is 24.3 Å². The third-order valence-corrected chi connectivity index (χ3v) is 7.15. The molecule has 11 N–H and O–H groups in total. The first-order chi connectivity index (χ1) is 19.4. The number of aliphatic carboxylic acids is 1. The number of nitrogens with zero attached hydrogens (tertiary/aromatic N) is 1. The fraction of sp³-hybridized carbons (Fsp3) is 0.519. The molecule has 1 aromatic carbocycles. The maximum absolute atomic E-state index is 13.3. The third-order valence-electron chi connectivity index (χ3n) is 6.51. The Bertz CT molecular complexity index is 1210. The molecule has 4 unspecified atom stereocenters. The highest BCUT2D eigenvalue weighted by Crippen LogP contribution is 2.19. The van der Waals surface area contributed by atoms with Gasteiger partial charge in [-0.25, -0.2) is 4.79 Å². The quantitative estimate of drug-likeness (QED) is 0.0705. The molecule has 0 spiro atoms. The molecule has 0 saturated carbocycles.